The minimum atomic E-state index is -0.257. The highest BCUT2D eigenvalue weighted by atomic mass is 16.5. The highest BCUT2D eigenvalue weighted by molar-refractivity contribution is 6.39. The van der Waals surface area contributed by atoms with Gasteiger partial charge in [0.15, 0.2) is 11.7 Å². The number of amidine groups is 2. The zero-order valence-corrected chi connectivity index (χ0v) is 12.4. The summed E-state index contributed by atoms with van der Waals surface area (Å²) in [6.45, 7) is 5.72. The van der Waals surface area contributed by atoms with E-state index in [1.54, 1.807) is 0 Å². The number of aliphatic hydroxyl groups is 1. The molecular weight excluding hydrogens is 296 g/mol. The molecule has 0 aromatic heterocycles. The van der Waals surface area contributed by atoms with Crippen LogP contribution in [0, 0.1) is 28.8 Å². The molecule has 0 bridgehead atoms. The maximum absolute atomic E-state index is 7.27. The van der Waals surface area contributed by atoms with Crippen molar-refractivity contribution in [1.29, 1.82) is 16.1 Å². The number of nitrogens with one attached hydrogen (secondary N) is 2. The van der Waals surface area contributed by atoms with Crippen LogP contribution in [0.1, 0.15) is 0 Å². The molecule has 0 radical (unpaired) electrons. The molecule has 0 unspecified atom stereocenters. The van der Waals surface area contributed by atoms with E-state index in [0.717, 1.165) is 7.11 Å². The number of nitriles is 1. The Kier molecular flexibility index (Phi) is 27.6. The number of hydrazone groups is 2. The summed E-state index contributed by atoms with van der Waals surface area (Å²) >= 11 is 0. The largest absolute Gasteiger partial charge is 0.478 e. The van der Waals surface area contributed by atoms with E-state index in [2.05, 4.69) is 24.5 Å². The van der Waals surface area contributed by atoms with Gasteiger partial charge >= 0.3 is 6.19 Å². The highest BCUT2D eigenvalue weighted by Gasteiger charge is 2.00. The van der Waals surface area contributed by atoms with Crippen LogP contribution in [0.5, 0.6) is 0 Å². The van der Waals surface area contributed by atoms with E-state index in [0.29, 0.717) is 0 Å². The van der Waals surface area contributed by atoms with Gasteiger partial charge in [-0.05, 0) is 0 Å². The van der Waals surface area contributed by atoms with Crippen LogP contribution in [0.25, 0.3) is 4.85 Å². The number of nitrogens with zero attached hydrogens (tertiary/aromatic N) is 4. The Morgan fingerprint density at radius 3 is 1.41 bits per heavy atom. The summed E-state index contributed by atoms with van der Waals surface area (Å²) in [7, 11) is 3.63. The van der Waals surface area contributed by atoms with E-state index in [1.165, 1.54) is 20.4 Å². The van der Waals surface area contributed by atoms with Gasteiger partial charge in [0.2, 0.25) is 0 Å². The number of rotatable bonds is 0. The van der Waals surface area contributed by atoms with E-state index in [9.17, 15) is 0 Å². The van der Waals surface area contributed by atoms with E-state index >= 15 is 0 Å². The average molecular weight is 316 g/mol. The second-order valence-electron chi connectivity index (χ2n) is 2.31. The summed E-state index contributed by atoms with van der Waals surface area (Å²) in [6, 6.07) is 0. The molecule has 0 aromatic carbocycles. The molecule has 0 spiro atoms. The highest BCUT2D eigenvalue weighted by Crippen LogP contribution is 1.77. The lowest BCUT2D eigenvalue weighted by atomic mass is 10.6. The molecule has 0 amide bonds. The van der Waals surface area contributed by atoms with E-state index < -0.39 is 0 Å². The SMILES string of the molecule is CO.COC(=N)C(=N)OC.NN=C(N)C(N)=NN.[C-]#[N+]C#N. The van der Waals surface area contributed by atoms with E-state index in [4.69, 9.17) is 50.9 Å². The van der Waals surface area contributed by atoms with Gasteiger partial charge in [0.05, 0.1) is 14.2 Å². The van der Waals surface area contributed by atoms with Crippen molar-refractivity contribution in [2.45, 2.75) is 0 Å². The smallest absolute Gasteiger partial charge is 0.331 e. The molecule has 22 heavy (non-hydrogen) atoms. The monoisotopic (exact) mass is 316 g/mol. The average Bonchev–Trinajstić information content (AvgIpc) is 2.60. The fourth-order valence-corrected chi connectivity index (χ4v) is 0.318. The Labute approximate surface area is 127 Å². The Hall–Kier alpha value is -3.58. The molecule has 0 saturated carbocycles. The van der Waals surface area contributed by atoms with Crippen molar-refractivity contribution in [1.82, 2.24) is 0 Å². The van der Waals surface area contributed by atoms with Gasteiger partial charge in [-0.3, -0.25) is 10.8 Å². The van der Waals surface area contributed by atoms with Gasteiger partial charge in [0, 0.05) is 12.4 Å². The maximum Gasteiger partial charge on any atom is 0.331 e. The minimum Gasteiger partial charge on any atom is -0.478 e. The van der Waals surface area contributed by atoms with Crippen molar-refractivity contribution in [3.8, 4) is 6.19 Å². The Bertz CT molecular complexity index is 404. The number of aliphatic hydroxyl groups excluding tert-OH is 1. The van der Waals surface area contributed by atoms with Gasteiger partial charge in [0.1, 0.15) is 0 Å². The predicted octanol–water partition coefficient (Wildman–Crippen LogP) is -2.32. The first kappa shape index (κ1) is 26.9. The van der Waals surface area contributed by atoms with Gasteiger partial charge in [-0.15, -0.1) is 0 Å². The van der Waals surface area contributed by atoms with Crippen molar-refractivity contribution in [3.05, 3.63) is 11.4 Å². The third kappa shape index (κ3) is 21.7. The number of hydrogen-bond acceptors (Lipinski definition) is 10. The number of nitrogens with two attached hydrogens (primary N) is 4. The van der Waals surface area contributed by atoms with Crippen LogP contribution in [-0.2, 0) is 9.47 Å². The fourth-order valence-electron chi connectivity index (χ4n) is 0.318. The molecular formula is C9H20N10O3. The van der Waals surface area contributed by atoms with Crippen LogP contribution < -0.4 is 23.2 Å². The van der Waals surface area contributed by atoms with Crippen molar-refractivity contribution in [3.63, 3.8) is 0 Å². The summed E-state index contributed by atoms with van der Waals surface area (Å²) in [6.07, 6.45) is 1.22. The third-order valence-corrected chi connectivity index (χ3v) is 1.21. The lowest BCUT2D eigenvalue weighted by molar-refractivity contribution is 0.363. The summed E-state index contributed by atoms with van der Waals surface area (Å²) in [5.74, 6) is 8.75. The van der Waals surface area contributed by atoms with Crippen LogP contribution >= 0.6 is 0 Å². The molecule has 0 aromatic rings. The van der Waals surface area contributed by atoms with Crippen LogP contribution in [-0.4, -0.2) is 49.9 Å². The number of methoxy groups -OCH3 is 2. The molecule has 0 rings (SSSR count). The molecule has 0 aliphatic carbocycles. The van der Waals surface area contributed by atoms with Gasteiger partial charge in [0.25, 0.3) is 11.8 Å². The molecule has 13 nitrogen and oxygen atoms in total. The van der Waals surface area contributed by atoms with Gasteiger partial charge < -0.3 is 42.6 Å². The first-order valence-corrected chi connectivity index (χ1v) is 4.88. The quantitative estimate of drug-likeness (QED) is 0.0636. The van der Waals surface area contributed by atoms with Crippen molar-refractivity contribution >= 4 is 23.5 Å². The molecule has 0 saturated heterocycles. The van der Waals surface area contributed by atoms with Crippen molar-refractivity contribution in [2.75, 3.05) is 21.3 Å². The van der Waals surface area contributed by atoms with Crippen molar-refractivity contribution in [2.24, 2.45) is 33.4 Å². The fraction of sp³-hybridized carbons (Fsp3) is 0.333. The second-order valence-corrected chi connectivity index (χ2v) is 2.31. The van der Waals surface area contributed by atoms with Crippen LogP contribution in [0.2, 0.25) is 0 Å². The first-order valence-electron chi connectivity index (χ1n) is 4.88. The van der Waals surface area contributed by atoms with E-state index in [1.807, 2.05) is 0 Å². The van der Waals surface area contributed by atoms with Gasteiger partial charge in [-0.2, -0.15) is 10.2 Å². The summed E-state index contributed by atoms with van der Waals surface area (Å²) in [5, 5.41) is 33.8. The van der Waals surface area contributed by atoms with Crippen LogP contribution in [0.3, 0.4) is 0 Å². The lowest BCUT2D eigenvalue weighted by Crippen LogP contribution is -2.33. The number of hydrogen-bond donors (Lipinski definition) is 7. The van der Waals surface area contributed by atoms with Gasteiger partial charge in [-0.25, -0.2) is 0 Å². The molecule has 0 aliphatic heterocycles. The molecule has 0 heterocycles. The zero-order valence-electron chi connectivity index (χ0n) is 12.4. The second kappa shape index (κ2) is 22.6. The molecule has 0 fully saturated rings. The van der Waals surface area contributed by atoms with Crippen LogP contribution in [0.4, 0.5) is 0 Å². The summed E-state index contributed by atoms with van der Waals surface area (Å²) in [4.78, 5) is 2.29. The molecule has 0 aliphatic rings. The first-order chi connectivity index (χ1) is 10.4. The predicted molar refractivity (Wildman–Crippen MR) is 81.4 cm³/mol. The van der Waals surface area contributed by atoms with E-state index in [-0.39, 0.29) is 23.5 Å². The number of ether oxygens (including phenoxy) is 2. The Balaban J connectivity index is -0.000000109. The van der Waals surface area contributed by atoms with Crippen LogP contribution in [0.15, 0.2) is 10.2 Å². The minimum absolute atomic E-state index is 0.0625. The molecule has 13 heteroatoms. The molecule has 11 N–H and O–H groups in total. The Morgan fingerprint density at radius 2 is 1.32 bits per heavy atom. The lowest BCUT2D eigenvalue weighted by Gasteiger charge is -1.99. The normalized spacial score (nSPS) is 8.64. The standard InChI is InChI=1S/C4H8N2O2.C2H8N6.C2N2.CH4O/c1-7-3(5)4(6)8-2;3-1(7-5)2(4)8-6;1-4-2-3;1-2/h5-6H,1-2H3;5-6H2,(H2,3,7)(H2,4,8);;2H,1H3. The summed E-state index contributed by atoms with van der Waals surface area (Å²) < 4.78 is 8.67. The zero-order chi connectivity index (χ0) is 18.6. The van der Waals surface area contributed by atoms with Crippen molar-refractivity contribution < 1.29 is 14.6 Å². The topological polar surface area (TPSA) is 243 Å². The summed E-state index contributed by atoms with van der Waals surface area (Å²) in [5.41, 5.74) is 10.0. The molecule has 0 atom stereocenters. The Morgan fingerprint density at radius 1 is 1.09 bits per heavy atom. The third-order valence-electron chi connectivity index (χ3n) is 1.21. The molecule has 124 valence electrons. The maximum atomic E-state index is 7.27. The van der Waals surface area contributed by atoms with Gasteiger partial charge in [-0.1, -0.05) is 6.57 Å².